The number of hydrogen-bond acceptors (Lipinski definition) is 2. The number of hydrogen-bond donors (Lipinski definition) is 0. The van der Waals surface area contributed by atoms with Crippen LogP contribution in [-0.2, 0) is 23.8 Å². The van der Waals surface area contributed by atoms with Crippen LogP contribution in [0.4, 0.5) is 26.3 Å². The van der Waals surface area contributed by atoms with E-state index in [0.29, 0.717) is 6.07 Å². The zero-order valence-electron chi connectivity index (χ0n) is 11.6. The van der Waals surface area contributed by atoms with E-state index in [1.807, 2.05) is 0 Å². The number of imidazole rings is 1. The Morgan fingerprint density at radius 1 is 1.09 bits per heavy atom. The van der Waals surface area contributed by atoms with Crippen LogP contribution in [-0.4, -0.2) is 16.2 Å². The molecule has 122 valence electrons. The van der Waals surface area contributed by atoms with Crippen LogP contribution < -0.4 is 0 Å². The number of benzene rings is 1. The van der Waals surface area contributed by atoms with Gasteiger partial charge in [0, 0.05) is 6.61 Å². The molecule has 2 rings (SSSR count). The van der Waals surface area contributed by atoms with Crippen LogP contribution >= 0.6 is 0 Å². The highest BCUT2D eigenvalue weighted by molar-refractivity contribution is 5.78. The second-order valence-corrected chi connectivity index (χ2v) is 4.64. The average Bonchev–Trinajstić information content (AvgIpc) is 2.72. The van der Waals surface area contributed by atoms with Crippen LogP contribution in [0, 0.1) is 6.92 Å². The largest absolute Gasteiger partial charge is 0.449 e. The van der Waals surface area contributed by atoms with Gasteiger partial charge in [-0.1, -0.05) is 0 Å². The number of aryl methyl sites for hydroxylation is 1. The van der Waals surface area contributed by atoms with Gasteiger partial charge < -0.3 is 4.74 Å². The molecule has 0 amide bonds. The first-order chi connectivity index (χ1) is 10.1. The standard InChI is InChI=1S/C13H12F6N2O/c1-3-22-6-21-10-4-7(2)8(12(14,15)16)5-9(10)20-11(21)13(17,18)19/h4-5H,3,6H2,1-2H3. The van der Waals surface area contributed by atoms with Gasteiger partial charge in [-0.3, -0.25) is 4.57 Å². The Kier molecular flexibility index (Phi) is 4.12. The molecule has 0 aliphatic carbocycles. The first kappa shape index (κ1) is 16.6. The zero-order chi connectivity index (χ0) is 16.7. The molecule has 0 aliphatic heterocycles. The third-order valence-corrected chi connectivity index (χ3v) is 3.08. The summed E-state index contributed by atoms with van der Waals surface area (Å²) in [4.78, 5) is 3.31. The van der Waals surface area contributed by atoms with Gasteiger partial charge in [0.25, 0.3) is 0 Å². The molecule has 22 heavy (non-hydrogen) atoms. The molecular weight excluding hydrogens is 314 g/mol. The number of nitrogens with zero attached hydrogens (tertiary/aromatic N) is 2. The molecule has 1 aromatic carbocycles. The average molecular weight is 326 g/mol. The molecule has 1 aromatic heterocycles. The number of halogens is 6. The summed E-state index contributed by atoms with van der Waals surface area (Å²) >= 11 is 0. The SMILES string of the molecule is CCOCn1c(C(F)(F)F)nc2cc(C(F)(F)F)c(C)cc21. The highest BCUT2D eigenvalue weighted by Gasteiger charge is 2.39. The van der Waals surface area contributed by atoms with Crippen LogP contribution in [0.15, 0.2) is 12.1 Å². The van der Waals surface area contributed by atoms with Gasteiger partial charge in [0.1, 0.15) is 6.73 Å². The van der Waals surface area contributed by atoms with Crippen molar-refractivity contribution in [3.8, 4) is 0 Å². The molecule has 0 saturated carbocycles. The highest BCUT2D eigenvalue weighted by atomic mass is 19.4. The third-order valence-electron chi connectivity index (χ3n) is 3.08. The van der Waals surface area contributed by atoms with Crippen molar-refractivity contribution < 1.29 is 31.1 Å². The molecule has 1 heterocycles. The predicted molar refractivity (Wildman–Crippen MR) is 66.1 cm³/mol. The zero-order valence-corrected chi connectivity index (χ0v) is 11.6. The maximum atomic E-state index is 13.0. The molecule has 0 spiro atoms. The lowest BCUT2D eigenvalue weighted by Crippen LogP contribution is -2.16. The van der Waals surface area contributed by atoms with Crippen LogP contribution in [0.2, 0.25) is 0 Å². The molecule has 0 radical (unpaired) electrons. The van der Waals surface area contributed by atoms with E-state index in [0.717, 1.165) is 10.6 Å². The summed E-state index contributed by atoms with van der Waals surface area (Å²) in [5, 5.41) is 0. The summed E-state index contributed by atoms with van der Waals surface area (Å²) in [6.07, 6.45) is -9.44. The Labute approximate surface area is 121 Å². The molecule has 0 saturated heterocycles. The second-order valence-electron chi connectivity index (χ2n) is 4.64. The Morgan fingerprint density at radius 3 is 2.23 bits per heavy atom. The fourth-order valence-corrected chi connectivity index (χ4v) is 2.11. The molecule has 0 bridgehead atoms. The minimum Gasteiger partial charge on any atom is -0.361 e. The summed E-state index contributed by atoms with van der Waals surface area (Å²) in [5.74, 6) is -1.28. The normalized spacial score (nSPS) is 13.1. The van der Waals surface area contributed by atoms with E-state index in [2.05, 4.69) is 4.98 Å². The molecule has 2 aromatic rings. The van der Waals surface area contributed by atoms with E-state index >= 15 is 0 Å². The molecule has 3 nitrogen and oxygen atoms in total. The molecule has 0 N–H and O–H groups in total. The lowest BCUT2D eigenvalue weighted by Gasteiger charge is -2.12. The van der Waals surface area contributed by atoms with Crippen molar-refractivity contribution in [2.75, 3.05) is 6.61 Å². The van der Waals surface area contributed by atoms with E-state index < -0.39 is 30.5 Å². The van der Waals surface area contributed by atoms with Gasteiger partial charge in [-0.15, -0.1) is 0 Å². The maximum absolute atomic E-state index is 13.0. The van der Waals surface area contributed by atoms with Gasteiger partial charge in [0.15, 0.2) is 0 Å². The number of fused-ring (bicyclic) bond motifs is 1. The van der Waals surface area contributed by atoms with Crippen molar-refractivity contribution >= 4 is 11.0 Å². The van der Waals surface area contributed by atoms with Crippen molar-refractivity contribution in [3.63, 3.8) is 0 Å². The summed E-state index contributed by atoms with van der Waals surface area (Å²) in [6.45, 7) is 2.51. The topological polar surface area (TPSA) is 27.1 Å². The Morgan fingerprint density at radius 2 is 1.73 bits per heavy atom. The van der Waals surface area contributed by atoms with Crippen molar-refractivity contribution in [1.29, 1.82) is 0 Å². The van der Waals surface area contributed by atoms with Crippen molar-refractivity contribution in [1.82, 2.24) is 9.55 Å². The molecule has 0 aliphatic rings. The number of aromatic nitrogens is 2. The number of ether oxygens (including phenoxy) is 1. The van der Waals surface area contributed by atoms with Crippen molar-refractivity contribution in [2.24, 2.45) is 0 Å². The van der Waals surface area contributed by atoms with Crippen LogP contribution in [0.25, 0.3) is 11.0 Å². The summed E-state index contributed by atoms with van der Waals surface area (Å²) in [5.41, 5.74) is -1.60. The summed E-state index contributed by atoms with van der Waals surface area (Å²) in [6, 6.07) is 1.67. The van der Waals surface area contributed by atoms with E-state index in [1.54, 1.807) is 6.92 Å². The molecule has 9 heteroatoms. The highest BCUT2D eigenvalue weighted by Crippen LogP contribution is 2.37. The second kappa shape index (κ2) is 5.45. The van der Waals surface area contributed by atoms with E-state index in [9.17, 15) is 26.3 Å². The lowest BCUT2D eigenvalue weighted by molar-refractivity contribution is -0.149. The van der Waals surface area contributed by atoms with E-state index in [-0.39, 0.29) is 23.2 Å². The first-order valence-electron chi connectivity index (χ1n) is 6.28. The minimum atomic E-state index is -4.79. The summed E-state index contributed by atoms with van der Waals surface area (Å²) in [7, 11) is 0. The van der Waals surface area contributed by atoms with Gasteiger partial charge in [0.05, 0.1) is 16.6 Å². The Bertz CT molecular complexity index is 686. The fraction of sp³-hybridized carbons (Fsp3) is 0.462. The number of alkyl halides is 6. The van der Waals surface area contributed by atoms with Crippen LogP contribution in [0.5, 0.6) is 0 Å². The van der Waals surface area contributed by atoms with Crippen LogP contribution in [0.3, 0.4) is 0 Å². The van der Waals surface area contributed by atoms with E-state index in [1.165, 1.54) is 6.92 Å². The molecule has 0 atom stereocenters. The summed E-state index contributed by atoms with van der Waals surface area (Å²) < 4.78 is 83.2. The first-order valence-corrected chi connectivity index (χ1v) is 6.28. The Hall–Kier alpha value is -1.77. The van der Waals surface area contributed by atoms with Gasteiger partial charge in [-0.05, 0) is 31.5 Å². The third kappa shape index (κ3) is 3.03. The fourth-order valence-electron chi connectivity index (χ4n) is 2.11. The Balaban J connectivity index is 2.71. The molecule has 0 unspecified atom stereocenters. The monoisotopic (exact) mass is 326 g/mol. The lowest BCUT2D eigenvalue weighted by atomic mass is 10.1. The maximum Gasteiger partial charge on any atom is 0.449 e. The minimum absolute atomic E-state index is 0.0497. The quantitative estimate of drug-likeness (QED) is 0.783. The van der Waals surface area contributed by atoms with Crippen molar-refractivity contribution in [3.05, 3.63) is 29.1 Å². The van der Waals surface area contributed by atoms with Crippen LogP contribution in [0.1, 0.15) is 23.9 Å². The van der Waals surface area contributed by atoms with Gasteiger partial charge in [-0.25, -0.2) is 4.98 Å². The smallest absolute Gasteiger partial charge is 0.361 e. The predicted octanol–water partition coefficient (Wildman–Crippen LogP) is 4.38. The molecular formula is C13H12F6N2O. The van der Waals surface area contributed by atoms with Gasteiger partial charge >= 0.3 is 12.4 Å². The number of rotatable bonds is 3. The molecule has 0 fully saturated rings. The van der Waals surface area contributed by atoms with Gasteiger partial charge in [-0.2, -0.15) is 26.3 Å². The van der Waals surface area contributed by atoms with E-state index in [4.69, 9.17) is 4.74 Å². The van der Waals surface area contributed by atoms with Gasteiger partial charge in [0.2, 0.25) is 5.82 Å². The van der Waals surface area contributed by atoms with Crippen molar-refractivity contribution in [2.45, 2.75) is 32.9 Å².